The van der Waals surface area contributed by atoms with Crippen molar-refractivity contribution >= 4 is 0 Å². The lowest BCUT2D eigenvalue weighted by Gasteiger charge is -2.36. The maximum atomic E-state index is 3.55. The molecule has 0 saturated carbocycles. The Hall–Kier alpha value is -0.820. The Morgan fingerprint density at radius 2 is 2.06 bits per heavy atom. The van der Waals surface area contributed by atoms with E-state index in [1.54, 1.807) is 11.1 Å². The number of piperidine rings is 1. The molecule has 1 N–H and O–H groups in total. The molecule has 0 aromatic heterocycles. The van der Waals surface area contributed by atoms with E-state index in [-0.39, 0.29) is 0 Å². The van der Waals surface area contributed by atoms with Crippen molar-refractivity contribution in [3.8, 4) is 0 Å². The maximum absolute atomic E-state index is 3.55. The zero-order chi connectivity index (χ0) is 12.3. The number of hydrogen-bond acceptors (Lipinski definition) is 1. The normalized spacial score (nSPS) is 25.2. The summed E-state index contributed by atoms with van der Waals surface area (Å²) in [7, 11) is 0. The molecule has 1 aromatic rings. The van der Waals surface area contributed by atoms with Gasteiger partial charge in [-0.05, 0) is 54.8 Å². The van der Waals surface area contributed by atoms with Gasteiger partial charge in [0.15, 0.2) is 0 Å². The van der Waals surface area contributed by atoms with Crippen LogP contribution in [0.15, 0.2) is 24.3 Å². The van der Waals surface area contributed by atoms with Crippen LogP contribution in [0.1, 0.15) is 44.2 Å². The molecule has 17 heavy (non-hydrogen) atoms. The first-order valence-electron chi connectivity index (χ1n) is 7.02. The average molecular weight is 231 g/mol. The smallest absolute Gasteiger partial charge is 0.00122 e. The van der Waals surface area contributed by atoms with Crippen molar-refractivity contribution in [2.24, 2.45) is 11.8 Å². The Bertz CT molecular complexity index is 356. The van der Waals surface area contributed by atoms with Crippen molar-refractivity contribution in [3.05, 3.63) is 35.4 Å². The van der Waals surface area contributed by atoms with Crippen LogP contribution in [-0.4, -0.2) is 13.1 Å². The van der Waals surface area contributed by atoms with E-state index < -0.39 is 0 Å². The van der Waals surface area contributed by atoms with E-state index in [0.717, 1.165) is 24.2 Å². The van der Waals surface area contributed by atoms with Gasteiger partial charge < -0.3 is 5.32 Å². The van der Waals surface area contributed by atoms with Gasteiger partial charge in [-0.1, -0.05) is 45.0 Å². The fourth-order valence-electron chi connectivity index (χ4n) is 3.19. The molecule has 1 heteroatoms. The van der Waals surface area contributed by atoms with Gasteiger partial charge in [-0.2, -0.15) is 0 Å². The highest BCUT2D eigenvalue weighted by molar-refractivity contribution is 5.31. The fourth-order valence-corrected chi connectivity index (χ4v) is 3.19. The second kappa shape index (κ2) is 5.68. The van der Waals surface area contributed by atoms with E-state index >= 15 is 0 Å². The monoisotopic (exact) mass is 231 g/mol. The van der Waals surface area contributed by atoms with Crippen LogP contribution in [0.3, 0.4) is 0 Å². The summed E-state index contributed by atoms with van der Waals surface area (Å²) in [4.78, 5) is 0. The van der Waals surface area contributed by atoms with E-state index in [0.29, 0.717) is 0 Å². The predicted octanol–water partition coefficient (Wildman–Crippen LogP) is 3.60. The summed E-state index contributed by atoms with van der Waals surface area (Å²) in [6.07, 6.45) is 2.45. The van der Waals surface area contributed by atoms with Crippen molar-refractivity contribution in [3.63, 3.8) is 0 Å². The van der Waals surface area contributed by atoms with Crippen molar-refractivity contribution in [2.75, 3.05) is 13.1 Å². The van der Waals surface area contributed by atoms with E-state index in [1.165, 1.54) is 19.5 Å². The topological polar surface area (TPSA) is 12.0 Å². The van der Waals surface area contributed by atoms with E-state index in [1.807, 2.05) is 0 Å². The summed E-state index contributed by atoms with van der Waals surface area (Å²) in [6.45, 7) is 9.34. The van der Waals surface area contributed by atoms with Crippen LogP contribution in [-0.2, 0) is 6.42 Å². The molecule has 2 atom stereocenters. The minimum Gasteiger partial charge on any atom is -0.316 e. The molecule has 1 saturated heterocycles. The Labute approximate surface area is 106 Å². The number of hydrogen-bond donors (Lipinski definition) is 1. The minimum absolute atomic E-state index is 0.757. The molecule has 1 aliphatic rings. The van der Waals surface area contributed by atoms with Gasteiger partial charge in [-0.3, -0.25) is 0 Å². The predicted molar refractivity (Wildman–Crippen MR) is 74.4 cm³/mol. The second-order valence-electron chi connectivity index (χ2n) is 5.56. The second-order valence-corrected chi connectivity index (χ2v) is 5.56. The Morgan fingerprint density at radius 3 is 2.76 bits per heavy atom. The molecule has 1 heterocycles. The Balaban J connectivity index is 2.29. The molecule has 0 amide bonds. The van der Waals surface area contributed by atoms with Crippen LogP contribution in [0.4, 0.5) is 0 Å². The lowest BCUT2D eigenvalue weighted by atomic mass is 9.74. The van der Waals surface area contributed by atoms with Crippen molar-refractivity contribution in [1.82, 2.24) is 5.32 Å². The quantitative estimate of drug-likeness (QED) is 0.838. The molecule has 0 aliphatic carbocycles. The van der Waals surface area contributed by atoms with E-state index in [9.17, 15) is 0 Å². The maximum Gasteiger partial charge on any atom is -0.00122 e. The van der Waals surface area contributed by atoms with Gasteiger partial charge in [-0.15, -0.1) is 0 Å². The first-order chi connectivity index (χ1) is 8.24. The zero-order valence-corrected chi connectivity index (χ0v) is 11.4. The van der Waals surface area contributed by atoms with Crippen LogP contribution in [0, 0.1) is 11.8 Å². The molecule has 1 aliphatic heterocycles. The summed E-state index contributed by atoms with van der Waals surface area (Å²) in [5.41, 5.74) is 3.15. The Morgan fingerprint density at radius 1 is 1.29 bits per heavy atom. The molecular weight excluding hydrogens is 206 g/mol. The lowest BCUT2D eigenvalue weighted by molar-refractivity contribution is 0.254. The largest absolute Gasteiger partial charge is 0.316 e. The molecular formula is C16H25N. The van der Waals surface area contributed by atoms with Gasteiger partial charge in [-0.25, -0.2) is 0 Å². The third-order valence-electron chi connectivity index (χ3n) is 4.22. The number of benzene rings is 1. The van der Waals surface area contributed by atoms with Crippen LogP contribution in [0.5, 0.6) is 0 Å². The van der Waals surface area contributed by atoms with Gasteiger partial charge in [0.2, 0.25) is 0 Å². The molecule has 2 rings (SSSR count). The summed E-state index contributed by atoms with van der Waals surface area (Å²) in [5.74, 6) is 2.31. The summed E-state index contributed by atoms with van der Waals surface area (Å²) in [6, 6.07) is 9.03. The minimum atomic E-state index is 0.757. The molecule has 1 aromatic carbocycles. The fraction of sp³-hybridized carbons (Fsp3) is 0.625. The number of nitrogens with one attached hydrogen (secondary N) is 1. The van der Waals surface area contributed by atoms with Gasteiger partial charge in [0.1, 0.15) is 0 Å². The third-order valence-corrected chi connectivity index (χ3v) is 4.22. The Kier molecular flexibility index (Phi) is 4.22. The van der Waals surface area contributed by atoms with Crippen LogP contribution in [0.25, 0.3) is 0 Å². The summed E-state index contributed by atoms with van der Waals surface area (Å²) >= 11 is 0. The van der Waals surface area contributed by atoms with Crippen molar-refractivity contribution < 1.29 is 0 Å². The van der Waals surface area contributed by atoms with E-state index in [2.05, 4.69) is 50.4 Å². The SMILES string of the molecule is CCc1ccccc1C1CCNCC1C(C)C. The first-order valence-corrected chi connectivity index (χ1v) is 7.02. The average Bonchev–Trinajstić information content (AvgIpc) is 2.38. The molecule has 0 spiro atoms. The van der Waals surface area contributed by atoms with Gasteiger partial charge in [0.05, 0.1) is 0 Å². The zero-order valence-electron chi connectivity index (χ0n) is 11.4. The van der Waals surface area contributed by atoms with Gasteiger partial charge >= 0.3 is 0 Å². The standard InChI is InChI=1S/C16H25N/c1-4-13-7-5-6-8-14(13)15-9-10-17-11-16(15)12(2)3/h5-8,12,15-17H,4,9-11H2,1-3H3. The number of rotatable bonds is 3. The molecule has 1 nitrogen and oxygen atoms in total. The third kappa shape index (κ3) is 2.71. The van der Waals surface area contributed by atoms with Crippen molar-refractivity contribution in [1.29, 1.82) is 0 Å². The van der Waals surface area contributed by atoms with Crippen LogP contribution in [0.2, 0.25) is 0 Å². The highest BCUT2D eigenvalue weighted by atomic mass is 14.9. The van der Waals surface area contributed by atoms with Gasteiger partial charge in [0, 0.05) is 0 Å². The first kappa shape index (κ1) is 12.6. The van der Waals surface area contributed by atoms with Crippen LogP contribution >= 0.6 is 0 Å². The highest BCUT2D eigenvalue weighted by Gasteiger charge is 2.29. The molecule has 0 radical (unpaired) electrons. The lowest BCUT2D eigenvalue weighted by Crippen LogP contribution is -2.38. The molecule has 1 fully saturated rings. The number of aryl methyl sites for hydroxylation is 1. The molecule has 0 bridgehead atoms. The highest BCUT2D eigenvalue weighted by Crippen LogP contribution is 2.36. The summed E-state index contributed by atoms with van der Waals surface area (Å²) in [5, 5.41) is 3.55. The molecule has 2 unspecified atom stereocenters. The van der Waals surface area contributed by atoms with Crippen molar-refractivity contribution in [2.45, 2.75) is 39.5 Å². The molecule has 94 valence electrons. The van der Waals surface area contributed by atoms with Gasteiger partial charge in [0.25, 0.3) is 0 Å². The van der Waals surface area contributed by atoms with E-state index in [4.69, 9.17) is 0 Å². The summed E-state index contributed by atoms with van der Waals surface area (Å²) < 4.78 is 0. The van der Waals surface area contributed by atoms with Crippen LogP contribution < -0.4 is 5.32 Å².